The zero-order valence-corrected chi connectivity index (χ0v) is 13.5. The van der Waals surface area contributed by atoms with Gasteiger partial charge >= 0.3 is 12.0 Å². The van der Waals surface area contributed by atoms with Crippen molar-refractivity contribution >= 4 is 12.0 Å². The van der Waals surface area contributed by atoms with Gasteiger partial charge in [-0.15, -0.1) is 0 Å². The Labute approximate surface area is 126 Å². The second-order valence-corrected chi connectivity index (χ2v) is 6.68. The molecule has 2 amide bonds. The largest absolute Gasteiger partial charge is 0.480 e. The first kappa shape index (κ1) is 16.1. The molecule has 0 aromatic heterocycles. The van der Waals surface area contributed by atoms with Crippen LogP contribution in [0.15, 0.2) is 0 Å². The molecule has 1 N–H and O–H groups in total. The number of hydrogen-bond acceptors (Lipinski definition) is 3. The second-order valence-electron chi connectivity index (χ2n) is 6.68. The molecule has 21 heavy (non-hydrogen) atoms. The van der Waals surface area contributed by atoms with Gasteiger partial charge in [-0.1, -0.05) is 0 Å². The van der Waals surface area contributed by atoms with Gasteiger partial charge in [0.05, 0.1) is 0 Å². The van der Waals surface area contributed by atoms with E-state index in [1.54, 1.807) is 13.8 Å². The second kappa shape index (κ2) is 5.83. The minimum Gasteiger partial charge on any atom is -0.480 e. The highest BCUT2D eigenvalue weighted by molar-refractivity contribution is 5.85. The topological polar surface area (TPSA) is 64.1 Å². The van der Waals surface area contributed by atoms with Crippen LogP contribution in [0.25, 0.3) is 0 Å². The van der Waals surface area contributed by atoms with Crippen molar-refractivity contribution in [3.63, 3.8) is 0 Å². The molecular formula is C15H27N3O3. The average molecular weight is 297 g/mol. The summed E-state index contributed by atoms with van der Waals surface area (Å²) in [6.07, 6.45) is 2.32. The molecule has 2 fully saturated rings. The van der Waals surface area contributed by atoms with Crippen molar-refractivity contribution in [1.82, 2.24) is 14.7 Å². The monoisotopic (exact) mass is 297 g/mol. The number of carbonyl (C=O) groups is 2. The van der Waals surface area contributed by atoms with Gasteiger partial charge in [-0.2, -0.15) is 0 Å². The lowest BCUT2D eigenvalue weighted by atomic mass is 10.0. The lowest BCUT2D eigenvalue weighted by molar-refractivity contribution is -0.148. The van der Waals surface area contributed by atoms with E-state index in [0.717, 1.165) is 19.5 Å². The zero-order chi connectivity index (χ0) is 15.8. The van der Waals surface area contributed by atoms with Crippen molar-refractivity contribution in [1.29, 1.82) is 0 Å². The molecule has 0 radical (unpaired) electrons. The summed E-state index contributed by atoms with van der Waals surface area (Å²) in [5.41, 5.74) is -1.18. The van der Waals surface area contributed by atoms with E-state index < -0.39 is 11.5 Å². The number of nitrogens with zero attached hydrogens (tertiary/aromatic N) is 3. The molecule has 2 unspecified atom stereocenters. The number of carbonyl (C=O) groups excluding carboxylic acids is 1. The summed E-state index contributed by atoms with van der Waals surface area (Å²) < 4.78 is 0. The molecule has 0 aliphatic carbocycles. The predicted octanol–water partition coefficient (Wildman–Crippen LogP) is 1.46. The third kappa shape index (κ3) is 2.86. The van der Waals surface area contributed by atoms with Crippen molar-refractivity contribution in [2.75, 3.05) is 26.2 Å². The van der Waals surface area contributed by atoms with Crippen LogP contribution in [-0.2, 0) is 4.79 Å². The van der Waals surface area contributed by atoms with Crippen LogP contribution in [0.5, 0.6) is 0 Å². The molecule has 2 aliphatic heterocycles. The minimum absolute atomic E-state index is 0.130. The quantitative estimate of drug-likeness (QED) is 0.856. The zero-order valence-electron chi connectivity index (χ0n) is 13.5. The van der Waals surface area contributed by atoms with Crippen LogP contribution < -0.4 is 0 Å². The number of rotatable bonds is 3. The van der Waals surface area contributed by atoms with E-state index in [2.05, 4.69) is 4.90 Å². The van der Waals surface area contributed by atoms with Crippen LogP contribution in [0.4, 0.5) is 4.79 Å². The van der Waals surface area contributed by atoms with E-state index in [9.17, 15) is 14.7 Å². The third-order valence-corrected chi connectivity index (χ3v) is 4.93. The van der Waals surface area contributed by atoms with Gasteiger partial charge in [0.2, 0.25) is 0 Å². The normalized spacial score (nSPS) is 26.6. The van der Waals surface area contributed by atoms with Crippen molar-refractivity contribution in [3.05, 3.63) is 0 Å². The van der Waals surface area contributed by atoms with Gasteiger partial charge in [-0.05, 0) is 47.1 Å². The van der Waals surface area contributed by atoms with Crippen LogP contribution in [-0.4, -0.2) is 75.6 Å². The van der Waals surface area contributed by atoms with Crippen molar-refractivity contribution in [2.45, 2.75) is 58.2 Å². The Morgan fingerprint density at radius 1 is 1.33 bits per heavy atom. The number of likely N-dealkylation sites (N-methyl/N-ethyl adjacent to an activating group) is 1. The van der Waals surface area contributed by atoms with Gasteiger partial charge in [0.1, 0.15) is 5.54 Å². The van der Waals surface area contributed by atoms with Gasteiger partial charge in [0, 0.05) is 31.7 Å². The molecule has 0 saturated carbocycles. The molecule has 6 nitrogen and oxygen atoms in total. The van der Waals surface area contributed by atoms with E-state index in [4.69, 9.17) is 0 Å². The number of aliphatic carboxylic acids is 1. The average Bonchev–Trinajstić information content (AvgIpc) is 2.84. The summed E-state index contributed by atoms with van der Waals surface area (Å²) in [7, 11) is 0. The number of urea groups is 1. The number of carboxylic acid groups (broad SMARTS) is 1. The fourth-order valence-corrected chi connectivity index (χ4v) is 3.49. The number of fused-ring (bicyclic) bond motifs is 1. The molecule has 0 spiro atoms. The van der Waals surface area contributed by atoms with Crippen LogP contribution >= 0.6 is 0 Å². The van der Waals surface area contributed by atoms with E-state index in [0.29, 0.717) is 19.1 Å². The summed E-state index contributed by atoms with van der Waals surface area (Å²) in [5.74, 6) is -0.968. The Morgan fingerprint density at radius 3 is 2.57 bits per heavy atom. The minimum atomic E-state index is -1.18. The summed E-state index contributed by atoms with van der Waals surface area (Å²) in [6, 6.07) is 0.422. The third-order valence-electron chi connectivity index (χ3n) is 4.93. The predicted molar refractivity (Wildman–Crippen MR) is 80.3 cm³/mol. The van der Waals surface area contributed by atoms with E-state index in [1.807, 2.05) is 18.7 Å². The molecule has 120 valence electrons. The summed E-state index contributed by atoms with van der Waals surface area (Å²) >= 11 is 0. The van der Waals surface area contributed by atoms with Crippen LogP contribution in [0.3, 0.4) is 0 Å². The first-order valence-electron chi connectivity index (χ1n) is 7.84. The van der Waals surface area contributed by atoms with Crippen molar-refractivity contribution in [3.8, 4) is 0 Å². The summed E-state index contributed by atoms with van der Waals surface area (Å²) in [5, 5.41) is 9.39. The van der Waals surface area contributed by atoms with Gasteiger partial charge in [-0.3, -0.25) is 4.90 Å². The van der Waals surface area contributed by atoms with Crippen LogP contribution in [0, 0.1) is 0 Å². The lowest BCUT2D eigenvalue weighted by Crippen LogP contribution is -2.63. The standard InChI is InChI=1S/C15H27N3O3/c1-5-18(15(3,4)13(19)20)14(21)17-10-12-7-6-8-16(12)9-11(17)2/h11-12H,5-10H2,1-4H3,(H,19,20). The van der Waals surface area contributed by atoms with Crippen LogP contribution in [0.2, 0.25) is 0 Å². The maximum Gasteiger partial charge on any atom is 0.329 e. The molecule has 2 rings (SSSR count). The lowest BCUT2D eigenvalue weighted by Gasteiger charge is -2.46. The molecular weight excluding hydrogens is 270 g/mol. The summed E-state index contributed by atoms with van der Waals surface area (Å²) in [4.78, 5) is 30.1. The van der Waals surface area contributed by atoms with E-state index in [-0.39, 0.29) is 12.1 Å². The molecule has 2 saturated heterocycles. The Balaban J connectivity index is 2.15. The Bertz CT molecular complexity index is 424. The molecule has 6 heteroatoms. The number of amides is 2. The fourth-order valence-electron chi connectivity index (χ4n) is 3.49. The molecule has 2 aliphatic rings. The molecule has 0 aromatic rings. The molecule has 2 atom stereocenters. The Kier molecular flexibility index (Phi) is 4.46. The van der Waals surface area contributed by atoms with E-state index in [1.165, 1.54) is 11.3 Å². The smallest absolute Gasteiger partial charge is 0.329 e. The highest BCUT2D eigenvalue weighted by Crippen LogP contribution is 2.27. The summed E-state index contributed by atoms with van der Waals surface area (Å²) in [6.45, 7) is 10.2. The maximum atomic E-state index is 12.8. The van der Waals surface area contributed by atoms with Gasteiger partial charge < -0.3 is 14.9 Å². The molecule has 0 aromatic carbocycles. The first-order valence-corrected chi connectivity index (χ1v) is 7.84. The number of hydrogen-bond donors (Lipinski definition) is 1. The van der Waals surface area contributed by atoms with Gasteiger partial charge in [0.15, 0.2) is 0 Å². The van der Waals surface area contributed by atoms with Crippen molar-refractivity contribution < 1.29 is 14.7 Å². The van der Waals surface area contributed by atoms with Gasteiger partial charge in [-0.25, -0.2) is 9.59 Å². The van der Waals surface area contributed by atoms with Crippen molar-refractivity contribution in [2.24, 2.45) is 0 Å². The maximum absolute atomic E-state index is 12.8. The molecule has 0 bridgehead atoms. The fraction of sp³-hybridized carbons (Fsp3) is 0.867. The number of carboxylic acids is 1. The highest BCUT2D eigenvalue weighted by Gasteiger charge is 2.43. The Morgan fingerprint density at radius 2 is 2.00 bits per heavy atom. The SMILES string of the molecule is CCN(C(=O)N1CC2CCCN2CC1C)C(C)(C)C(=O)O. The van der Waals surface area contributed by atoms with Gasteiger partial charge in [0.25, 0.3) is 0 Å². The Hall–Kier alpha value is -1.30. The van der Waals surface area contributed by atoms with E-state index >= 15 is 0 Å². The van der Waals surface area contributed by atoms with Crippen LogP contribution in [0.1, 0.15) is 40.5 Å². The highest BCUT2D eigenvalue weighted by atomic mass is 16.4. The first-order chi connectivity index (χ1) is 9.78. The number of piperazine rings is 1. The molecule has 2 heterocycles.